The predicted octanol–water partition coefficient (Wildman–Crippen LogP) is 21.2. The lowest BCUT2D eigenvalue weighted by atomic mass is 9.84. The molecule has 16 aromatic rings. The molecule has 0 spiro atoms. The lowest BCUT2D eigenvalue weighted by Gasteiger charge is -2.21. The van der Waals surface area contributed by atoms with E-state index >= 15 is 0 Å². The van der Waals surface area contributed by atoms with Crippen LogP contribution in [-0.2, 0) is 33.6 Å². The van der Waals surface area contributed by atoms with Crippen LogP contribution in [0.25, 0.3) is 116 Å². The Morgan fingerprint density at radius 3 is 0.991 bits per heavy atom. The van der Waals surface area contributed by atoms with Gasteiger partial charge in [-0.1, -0.05) is 93.6 Å². The Morgan fingerprint density at radius 2 is 0.632 bits per heavy atom. The van der Waals surface area contributed by atoms with Crippen LogP contribution < -0.4 is 36.5 Å². The van der Waals surface area contributed by atoms with Crippen molar-refractivity contribution in [3.63, 3.8) is 0 Å². The van der Waals surface area contributed by atoms with Gasteiger partial charge in [-0.25, -0.2) is 41.4 Å². The summed E-state index contributed by atoms with van der Waals surface area (Å²) in [5.74, 6) is 4.87. The fraction of sp³-hybridized carbons (Fsp3) is 0.298. The number of hydrogen-bond acceptors (Lipinski definition) is 0. The third kappa shape index (κ3) is 16.4. The molecule has 0 saturated heterocycles. The number of fused-ring (bicyclic) bond motifs is 4. The van der Waals surface area contributed by atoms with Crippen LogP contribution in [0.3, 0.4) is 0 Å². The fourth-order valence-electron chi connectivity index (χ4n) is 17.2. The second-order valence-corrected chi connectivity index (χ2v) is 34.6. The maximum absolute atomic E-state index is 7.67. The van der Waals surface area contributed by atoms with Crippen molar-refractivity contribution in [3.05, 3.63) is 317 Å². The highest BCUT2D eigenvalue weighted by Crippen LogP contribution is 2.37. The minimum absolute atomic E-state index is 0.0519. The molecule has 0 bridgehead atoms. The molecule has 8 aromatic heterocycles. The van der Waals surface area contributed by atoms with E-state index in [1.807, 2.05) is 12.1 Å². The minimum Gasteiger partial charge on any atom is -0.238 e. The van der Waals surface area contributed by atoms with Crippen molar-refractivity contribution in [1.29, 1.82) is 0 Å². The fourth-order valence-corrected chi connectivity index (χ4v) is 17.2. The molecule has 0 saturated carbocycles. The summed E-state index contributed by atoms with van der Waals surface area (Å²) >= 11 is 0. The Bertz CT molecular complexity index is 6520. The smallest absolute Gasteiger partial charge is 0.238 e. The monoisotopic (exact) mass is 1550 g/mol. The van der Waals surface area contributed by atoms with Gasteiger partial charge in [-0.05, 0) is 196 Å². The largest absolute Gasteiger partial charge is 0.289 e. The summed E-state index contributed by atoms with van der Waals surface area (Å²) < 4.78 is 27.5. The second kappa shape index (κ2) is 33.5. The van der Waals surface area contributed by atoms with E-state index in [0.717, 1.165) is 28.3 Å². The van der Waals surface area contributed by atoms with Crippen LogP contribution in [0.5, 0.6) is 0 Å². The molecule has 0 unspecified atom stereocenters. The molecule has 0 fully saturated rings. The topological polar surface area (TPSA) is 55.1 Å². The van der Waals surface area contributed by atoms with E-state index in [4.69, 9.17) is 6.57 Å². The molecule has 0 aliphatic heterocycles. The van der Waals surface area contributed by atoms with Crippen LogP contribution in [0, 0.1) is 82.7 Å². The quantitative estimate of drug-likeness (QED) is 0.0865. The molecule has 13 nitrogen and oxygen atoms in total. The van der Waals surface area contributed by atoms with E-state index < -0.39 is 0 Å². The van der Waals surface area contributed by atoms with Gasteiger partial charge in [0.1, 0.15) is 49.6 Å². The van der Waals surface area contributed by atoms with E-state index in [1.165, 1.54) is 150 Å². The van der Waals surface area contributed by atoms with Gasteiger partial charge in [-0.15, -0.1) is 0 Å². The van der Waals surface area contributed by atoms with Crippen molar-refractivity contribution in [3.8, 4) is 68.3 Å². The molecule has 13 heteroatoms. The van der Waals surface area contributed by atoms with Gasteiger partial charge in [-0.3, -0.25) is 0 Å². The molecule has 0 N–H and O–H groups in total. The molecule has 16 rings (SSSR count). The molecular weight excluding hydrogens is 1430 g/mol. The normalized spacial score (nSPS) is 11.6. The molecular formula is C104H121N13+8. The van der Waals surface area contributed by atoms with Crippen LogP contribution in [0.2, 0.25) is 0 Å². The molecule has 0 amide bonds. The number of pyridine rings is 4. The van der Waals surface area contributed by atoms with Crippen molar-refractivity contribution in [2.75, 3.05) is 0 Å². The number of hydrogen-bond donors (Lipinski definition) is 0. The molecule has 0 atom stereocenters. The highest BCUT2D eigenvalue weighted by atomic mass is 15.2. The van der Waals surface area contributed by atoms with Gasteiger partial charge in [0.2, 0.25) is 22.7 Å². The summed E-state index contributed by atoms with van der Waals surface area (Å²) in [7, 11) is 8.48. The Morgan fingerprint density at radius 1 is 0.325 bits per heavy atom. The number of aryl methyl sites for hydroxylation is 11. The van der Waals surface area contributed by atoms with Gasteiger partial charge >= 0.3 is 0 Å². The summed E-state index contributed by atoms with van der Waals surface area (Å²) in [5, 5.41) is 10.0. The van der Waals surface area contributed by atoms with Gasteiger partial charge in [0.25, 0.3) is 23.3 Å². The van der Waals surface area contributed by atoms with Gasteiger partial charge in [0, 0.05) is 120 Å². The summed E-state index contributed by atoms with van der Waals surface area (Å²) in [6.45, 7) is 56.6. The second-order valence-electron chi connectivity index (χ2n) is 34.6. The maximum Gasteiger partial charge on any atom is 0.289 e. The van der Waals surface area contributed by atoms with Crippen LogP contribution in [0.1, 0.15) is 168 Å². The first kappa shape index (κ1) is 82.7. The van der Waals surface area contributed by atoms with Gasteiger partial charge in [0.15, 0.2) is 53.3 Å². The van der Waals surface area contributed by atoms with Crippen molar-refractivity contribution in [2.24, 2.45) is 28.2 Å². The number of imidazole rings is 4. The third-order valence-corrected chi connectivity index (χ3v) is 23.5. The lowest BCUT2D eigenvalue weighted by Crippen LogP contribution is -2.37. The van der Waals surface area contributed by atoms with E-state index in [9.17, 15) is 0 Å². The van der Waals surface area contributed by atoms with Crippen LogP contribution in [-0.4, -0.2) is 18.3 Å². The highest BCUT2D eigenvalue weighted by Gasteiger charge is 2.34. The summed E-state index contributed by atoms with van der Waals surface area (Å²) in [5.41, 5.74) is 25.7. The predicted molar refractivity (Wildman–Crippen MR) is 479 cm³/mol. The Labute approximate surface area is 694 Å². The van der Waals surface area contributed by atoms with E-state index in [-0.39, 0.29) is 5.41 Å². The first-order valence-electron chi connectivity index (χ1n) is 41.5. The van der Waals surface area contributed by atoms with E-state index in [1.54, 1.807) is 0 Å². The zero-order chi connectivity index (χ0) is 84.1. The highest BCUT2D eigenvalue weighted by molar-refractivity contribution is 5.84. The molecule has 8 heterocycles. The minimum atomic E-state index is 0.0519. The van der Waals surface area contributed by atoms with E-state index in [0.29, 0.717) is 29.9 Å². The average Bonchev–Trinajstić information content (AvgIpc) is 1.75. The summed E-state index contributed by atoms with van der Waals surface area (Å²) in [6, 6.07) is 60.4. The summed E-state index contributed by atoms with van der Waals surface area (Å²) in [6.07, 6.45) is 26.2. The molecule has 0 aliphatic rings. The Hall–Kier alpha value is -12.3. The number of nitrogens with zero attached hydrogens (tertiary/aromatic N) is 13. The third-order valence-electron chi connectivity index (χ3n) is 23.5. The van der Waals surface area contributed by atoms with Gasteiger partial charge in [-0.2, -0.15) is 18.3 Å². The average molecular weight is 1550 g/mol. The van der Waals surface area contributed by atoms with E-state index in [2.05, 4.69) is 466 Å². The van der Waals surface area contributed by atoms with Crippen molar-refractivity contribution in [2.45, 2.75) is 182 Å². The van der Waals surface area contributed by atoms with Crippen LogP contribution >= 0.6 is 0 Å². The zero-order valence-electron chi connectivity index (χ0n) is 74.1. The number of benzene rings is 8. The van der Waals surface area contributed by atoms with Gasteiger partial charge < -0.3 is 0 Å². The molecule has 117 heavy (non-hydrogen) atoms. The standard InChI is InChI=1S/C28H35N3.C26H31N3.C25H26N4.C25H29N3/c1-19(2)30-14-13-29(8)27(30)25-16-24(28(5,6)7)17-26(21(25)4)31-18-23-12-10-9-11-22(23)15-20(31)3;1-17(2)28-13-12-27(7)26(28)24-18(3)14-19(4)25(21(24)6)29-16-23-11-9-8-10-22(23)15-20(29)5;1-17(2)28-12-11-27(6)25(28)23-14-22(26-5)15-24(19(23)4)29-16-21-10-8-7-9-20(21)13-18(29)3;1-17(2)27-12-11-26(6)25(27)23-13-18(3)14-24(20(23)5)28-16-22-10-8-7-9-21(22)15-19(28)4/h9-19H,1-8H3;8-17H,1-7H3;7-17H,1-4,6H3;7-17H,1-6H3/q4*+2. The lowest BCUT2D eigenvalue weighted by molar-refractivity contribution is -0.659. The van der Waals surface area contributed by atoms with Crippen LogP contribution in [0.15, 0.2) is 238 Å². The Kier molecular flexibility index (Phi) is 23.7. The SMILES string of the molecule is Cc1c(-c2n(C(C)C)cc[n+]2C)cc(C(C)(C)C)cc1-[n+]1cc2ccccc2cc1C.Cc1cc(-c2n(C(C)C)cc[n+]2C)c(C)c(-[n+]2cc3ccccc3cc2C)c1.Cc1cc(C)c(-[n+]2cc3ccccc3cc2C)c(C)c1-c1n(C(C)C)cc[n+]1C.[C-]#[N+]c1cc(-c2n(C(C)C)cc[n+]2C)c(C)c(-[n+]2cc3ccccc3cc2C)c1. The number of aromatic nitrogens is 12. The maximum atomic E-state index is 7.67. The molecule has 0 radical (unpaired) electrons. The number of rotatable bonds is 12. The zero-order valence-corrected chi connectivity index (χ0v) is 74.1. The van der Waals surface area contributed by atoms with Crippen molar-refractivity contribution >= 4 is 48.8 Å². The first-order chi connectivity index (χ1) is 55.6. The first-order valence-corrected chi connectivity index (χ1v) is 41.5. The molecule has 8 aromatic carbocycles. The Balaban J connectivity index is 0.000000136. The molecule has 0 aliphatic carbocycles. The van der Waals surface area contributed by atoms with Gasteiger partial charge in [0.05, 0.1) is 81.2 Å². The summed E-state index contributed by atoms with van der Waals surface area (Å²) in [4.78, 5) is 3.78. The van der Waals surface area contributed by atoms with Crippen molar-refractivity contribution < 1.29 is 36.5 Å². The van der Waals surface area contributed by atoms with Crippen LogP contribution in [0.4, 0.5) is 5.69 Å². The van der Waals surface area contributed by atoms with Crippen molar-refractivity contribution in [1.82, 2.24) is 18.3 Å². The molecule has 594 valence electrons.